The number of nitrogens with two attached hydrogens (primary N) is 1. The van der Waals surface area contributed by atoms with Gasteiger partial charge in [0.1, 0.15) is 0 Å². The van der Waals surface area contributed by atoms with Gasteiger partial charge in [-0.05, 0) is 31.8 Å². The Labute approximate surface area is 165 Å². The molecule has 2 aromatic carbocycles. The van der Waals surface area contributed by atoms with E-state index >= 15 is 0 Å². The summed E-state index contributed by atoms with van der Waals surface area (Å²) in [5.41, 5.74) is 10.1. The third kappa shape index (κ3) is 3.60. The Hall–Kier alpha value is -3.58. The first kappa shape index (κ1) is 17.8. The highest BCUT2D eigenvalue weighted by atomic mass is 16.4. The third-order valence-corrected chi connectivity index (χ3v) is 4.23. The highest BCUT2D eigenvalue weighted by Crippen LogP contribution is 2.29. The van der Waals surface area contributed by atoms with Crippen molar-refractivity contribution in [3.8, 4) is 34.3 Å². The molecule has 0 unspecified atom stereocenters. The Kier molecular flexibility index (Phi) is 4.82. The van der Waals surface area contributed by atoms with E-state index in [1.807, 2.05) is 62.6 Å². The monoisotopic (exact) mass is 376 g/mol. The number of hydrogen-bond acceptors (Lipinski definition) is 7. The van der Waals surface area contributed by atoms with Crippen molar-refractivity contribution < 1.29 is 7.27 Å². The molecule has 28 heavy (non-hydrogen) atoms. The van der Waals surface area contributed by atoms with Crippen molar-refractivity contribution in [1.29, 1.82) is 0 Å². The van der Waals surface area contributed by atoms with E-state index in [0.29, 0.717) is 17.3 Å². The Morgan fingerprint density at radius 1 is 0.964 bits per heavy atom. The van der Waals surface area contributed by atoms with Crippen LogP contribution in [-0.2, 0) is 6.54 Å². The SMILES string of the molecule is CN(C)Cc1ccccc1-c1cnc(N)c(-c2nnc(-c3ccccc3)o2)n1.[HH].[HH]. The van der Waals surface area contributed by atoms with Gasteiger partial charge in [0.15, 0.2) is 11.5 Å². The molecule has 0 spiro atoms. The maximum Gasteiger partial charge on any atom is 0.270 e. The maximum absolute atomic E-state index is 6.06. The van der Waals surface area contributed by atoms with Crippen LogP contribution in [0.25, 0.3) is 34.3 Å². The van der Waals surface area contributed by atoms with Gasteiger partial charge in [-0.15, -0.1) is 10.2 Å². The molecule has 7 nitrogen and oxygen atoms in total. The van der Waals surface area contributed by atoms with Gasteiger partial charge in [-0.1, -0.05) is 42.5 Å². The van der Waals surface area contributed by atoms with E-state index in [-0.39, 0.29) is 14.6 Å². The van der Waals surface area contributed by atoms with E-state index in [1.54, 1.807) is 6.20 Å². The van der Waals surface area contributed by atoms with Gasteiger partial charge in [-0.2, -0.15) is 0 Å². The zero-order valence-electron chi connectivity index (χ0n) is 15.7. The molecule has 0 aliphatic rings. The molecule has 0 aliphatic heterocycles. The van der Waals surface area contributed by atoms with Crippen LogP contribution in [-0.4, -0.2) is 39.2 Å². The standard InChI is InChI=1S/C21H20N6O.2H2/c1-27(2)13-15-10-6-7-11-16(15)17-12-23-19(22)18(24-17)21-26-25-20(28-21)14-8-4-3-5-9-14;;/h3-12H,13H2,1-2H3,(H2,22,23);2*1H. The summed E-state index contributed by atoms with van der Waals surface area (Å²) in [7, 11) is 4.06. The first-order valence-electron chi connectivity index (χ1n) is 8.86. The van der Waals surface area contributed by atoms with Crippen molar-refractivity contribution in [2.45, 2.75) is 6.54 Å². The Bertz CT molecular complexity index is 1100. The van der Waals surface area contributed by atoms with Crippen LogP contribution in [0.5, 0.6) is 0 Å². The van der Waals surface area contributed by atoms with Gasteiger partial charge in [0.05, 0.1) is 11.9 Å². The molecule has 4 aromatic rings. The first-order valence-corrected chi connectivity index (χ1v) is 8.86. The highest BCUT2D eigenvalue weighted by Gasteiger charge is 2.17. The van der Waals surface area contributed by atoms with Crippen molar-refractivity contribution in [2.24, 2.45) is 0 Å². The van der Waals surface area contributed by atoms with Crippen LogP contribution in [0, 0.1) is 0 Å². The zero-order chi connectivity index (χ0) is 19.5. The molecule has 144 valence electrons. The molecule has 0 atom stereocenters. The van der Waals surface area contributed by atoms with E-state index in [2.05, 4.69) is 31.1 Å². The van der Waals surface area contributed by atoms with E-state index in [1.165, 1.54) is 0 Å². The number of aromatic nitrogens is 4. The molecule has 2 N–H and O–H groups in total. The van der Waals surface area contributed by atoms with Crippen LogP contribution in [0.15, 0.2) is 65.2 Å². The van der Waals surface area contributed by atoms with Crippen LogP contribution < -0.4 is 5.73 Å². The van der Waals surface area contributed by atoms with Gasteiger partial charge in [-0.25, -0.2) is 9.97 Å². The summed E-state index contributed by atoms with van der Waals surface area (Å²) in [6.07, 6.45) is 1.67. The third-order valence-electron chi connectivity index (χ3n) is 4.23. The number of anilines is 1. The molecule has 2 aromatic heterocycles. The summed E-state index contributed by atoms with van der Waals surface area (Å²) in [4.78, 5) is 11.1. The van der Waals surface area contributed by atoms with E-state index < -0.39 is 0 Å². The molecule has 0 radical (unpaired) electrons. The predicted octanol–water partition coefficient (Wildman–Crippen LogP) is 4.00. The van der Waals surface area contributed by atoms with Gasteiger partial charge < -0.3 is 15.1 Å². The van der Waals surface area contributed by atoms with Crippen LogP contribution in [0.4, 0.5) is 5.82 Å². The van der Waals surface area contributed by atoms with Crippen molar-refractivity contribution >= 4 is 5.82 Å². The second-order valence-electron chi connectivity index (χ2n) is 6.66. The van der Waals surface area contributed by atoms with E-state index in [0.717, 1.165) is 23.2 Å². The van der Waals surface area contributed by atoms with Gasteiger partial charge in [0, 0.05) is 20.5 Å². The lowest BCUT2D eigenvalue weighted by atomic mass is 10.0. The van der Waals surface area contributed by atoms with E-state index in [9.17, 15) is 0 Å². The molecule has 0 bridgehead atoms. The molecular formula is C21H24N6O. The van der Waals surface area contributed by atoms with Crippen molar-refractivity contribution in [3.05, 3.63) is 66.4 Å². The summed E-state index contributed by atoms with van der Waals surface area (Å²) in [6.45, 7) is 0.788. The van der Waals surface area contributed by atoms with Crippen LogP contribution >= 0.6 is 0 Å². The van der Waals surface area contributed by atoms with Crippen LogP contribution in [0.1, 0.15) is 8.42 Å². The molecule has 2 heterocycles. The minimum Gasteiger partial charge on any atom is -0.414 e. The minimum absolute atomic E-state index is 0. The highest BCUT2D eigenvalue weighted by molar-refractivity contribution is 5.70. The predicted molar refractivity (Wildman–Crippen MR) is 112 cm³/mol. The summed E-state index contributed by atoms with van der Waals surface area (Å²) in [6, 6.07) is 17.6. The molecule has 0 amide bonds. The largest absolute Gasteiger partial charge is 0.414 e. The number of rotatable bonds is 5. The average Bonchev–Trinajstić information content (AvgIpc) is 3.19. The average molecular weight is 376 g/mol. The van der Waals surface area contributed by atoms with Gasteiger partial charge in [0.25, 0.3) is 5.89 Å². The number of benzene rings is 2. The summed E-state index contributed by atoms with van der Waals surface area (Å²) in [5, 5.41) is 8.24. The van der Waals surface area contributed by atoms with Crippen molar-refractivity contribution in [3.63, 3.8) is 0 Å². The fraction of sp³-hybridized carbons (Fsp3) is 0.143. The second kappa shape index (κ2) is 7.58. The van der Waals surface area contributed by atoms with Gasteiger partial charge in [-0.3, -0.25) is 0 Å². The lowest BCUT2D eigenvalue weighted by Gasteiger charge is -2.14. The molecule has 0 aliphatic carbocycles. The summed E-state index contributed by atoms with van der Waals surface area (Å²) >= 11 is 0. The Morgan fingerprint density at radius 2 is 1.68 bits per heavy atom. The minimum atomic E-state index is 0. The quantitative estimate of drug-likeness (QED) is 0.562. The fourth-order valence-electron chi connectivity index (χ4n) is 2.95. The summed E-state index contributed by atoms with van der Waals surface area (Å²) in [5.74, 6) is 0.906. The van der Waals surface area contributed by atoms with Crippen molar-refractivity contribution in [1.82, 2.24) is 25.1 Å². The topological polar surface area (TPSA) is 94.0 Å². The van der Waals surface area contributed by atoms with Crippen molar-refractivity contribution in [2.75, 3.05) is 19.8 Å². The smallest absolute Gasteiger partial charge is 0.270 e. The Morgan fingerprint density at radius 3 is 2.46 bits per heavy atom. The van der Waals surface area contributed by atoms with Crippen LogP contribution in [0.3, 0.4) is 0 Å². The van der Waals surface area contributed by atoms with Gasteiger partial charge in [0.2, 0.25) is 5.89 Å². The number of nitrogens with zero attached hydrogens (tertiary/aromatic N) is 5. The molecule has 4 rings (SSSR count). The van der Waals surface area contributed by atoms with Gasteiger partial charge >= 0.3 is 0 Å². The summed E-state index contributed by atoms with van der Waals surface area (Å²) < 4.78 is 5.81. The molecule has 0 fully saturated rings. The molecule has 7 heteroatoms. The first-order chi connectivity index (χ1) is 13.6. The molecule has 0 saturated carbocycles. The second-order valence-corrected chi connectivity index (χ2v) is 6.66. The van der Waals surface area contributed by atoms with Crippen LogP contribution in [0.2, 0.25) is 0 Å². The maximum atomic E-state index is 6.06. The number of hydrogen-bond donors (Lipinski definition) is 1. The zero-order valence-corrected chi connectivity index (χ0v) is 15.7. The molecular weight excluding hydrogens is 352 g/mol. The number of nitrogen functional groups attached to an aromatic ring is 1. The normalized spacial score (nSPS) is 11.1. The Balaban J connectivity index is 0.00000160. The lowest BCUT2D eigenvalue weighted by Crippen LogP contribution is -2.11. The fourth-order valence-corrected chi connectivity index (χ4v) is 2.95. The lowest BCUT2D eigenvalue weighted by molar-refractivity contribution is 0.403. The molecule has 0 saturated heterocycles. The van der Waals surface area contributed by atoms with E-state index in [4.69, 9.17) is 10.2 Å².